The second-order valence-corrected chi connectivity index (χ2v) is 8.18. The summed E-state index contributed by atoms with van der Waals surface area (Å²) in [7, 11) is 0. The average Bonchev–Trinajstić information content (AvgIpc) is 3.63. The Morgan fingerprint density at radius 2 is 1.85 bits per heavy atom. The fraction of sp³-hybridized carbons (Fsp3) is 0.375. The van der Waals surface area contributed by atoms with Gasteiger partial charge in [-0.1, -0.05) is 0 Å². The monoisotopic (exact) mass is 456 g/mol. The number of nitrogens with one attached hydrogen (secondary N) is 1. The molecule has 9 heteroatoms. The average molecular weight is 456 g/mol. The lowest BCUT2D eigenvalue weighted by Gasteiger charge is -2.27. The van der Waals surface area contributed by atoms with Gasteiger partial charge in [-0.2, -0.15) is 0 Å². The molecule has 33 heavy (non-hydrogen) atoms. The van der Waals surface area contributed by atoms with Gasteiger partial charge in [-0.05, 0) is 61.2 Å². The highest BCUT2D eigenvalue weighted by Gasteiger charge is 2.25. The molecule has 0 aromatic heterocycles. The van der Waals surface area contributed by atoms with Crippen LogP contribution in [-0.2, 0) is 9.53 Å². The normalized spacial score (nSPS) is 15.8. The minimum absolute atomic E-state index is 0.0340. The summed E-state index contributed by atoms with van der Waals surface area (Å²) in [6.45, 7) is 3.05. The Morgan fingerprint density at radius 1 is 1.12 bits per heavy atom. The number of aromatic carboxylic acids is 1. The molecule has 2 aliphatic rings. The minimum atomic E-state index is -1.16. The highest BCUT2D eigenvalue weighted by molar-refractivity contribution is 5.97. The van der Waals surface area contributed by atoms with Gasteiger partial charge in [0.1, 0.15) is 11.6 Å². The lowest BCUT2D eigenvalue weighted by molar-refractivity contribution is -0.137. The maximum Gasteiger partial charge on any atom is 0.335 e. The SMILES string of the molecule is Cc1c(F)cc(C(=O)NC2CC2)cc1-c1ccc(C(=O)O)cc1OCC(=O)N1CCOCC1. The van der Waals surface area contributed by atoms with Crippen LogP contribution in [0.3, 0.4) is 0 Å². The summed E-state index contributed by atoms with van der Waals surface area (Å²) in [4.78, 5) is 38.2. The smallest absolute Gasteiger partial charge is 0.335 e. The predicted molar refractivity (Wildman–Crippen MR) is 117 cm³/mol. The second kappa shape index (κ2) is 9.58. The van der Waals surface area contributed by atoms with Crippen molar-refractivity contribution in [3.8, 4) is 16.9 Å². The van der Waals surface area contributed by atoms with E-state index in [1.165, 1.54) is 24.3 Å². The molecule has 2 N–H and O–H groups in total. The van der Waals surface area contributed by atoms with Crippen LogP contribution in [-0.4, -0.2) is 66.7 Å². The van der Waals surface area contributed by atoms with E-state index in [9.17, 15) is 23.9 Å². The summed E-state index contributed by atoms with van der Waals surface area (Å²) < 4.78 is 25.7. The van der Waals surface area contributed by atoms with Crippen LogP contribution in [0.5, 0.6) is 5.75 Å². The fourth-order valence-electron chi connectivity index (χ4n) is 3.63. The third-order valence-corrected chi connectivity index (χ3v) is 5.75. The molecule has 0 radical (unpaired) electrons. The molecule has 8 nitrogen and oxygen atoms in total. The molecule has 2 amide bonds. The number of carboxylic acid groups (broad SMARTS) is 1. The maximum atomic E-state index is 14.7. The van der Waals surface area contributed by atoms with Crippen molar-refractivity contribution in [3.05, 3.63) is 52.8 Å². The van der Waals surface area contributed by atoms with Gasteiger partial charge in [0.2, 0.25) is 0 Å². The van der Waals surface area contributed by atoms with Crippen molar-refractivity contribution in [2.45, 2.75) is 25.8 Å². The van der Waals surface area contributed by atoms with Crippen molar-refractivity contribution >= 4 is 17.8 Å². The molecule has 2 fully saturated rings. The molecule has 1 heterocycles. The maximum absolute atomic E-state index is 14.7. The van der Waals surface area contributed by atoms with Crippen LogP contribution < -0.4 is 10.1 Å². The highest BCUT2D eigenvalue weighted by Crippen LogP contribution is 2.35. The van der Waals surface area contributed by atoms with Gasteiger partial charge in [0.05, 0.1) is 18.8 Å². The van der Waals surface area contributed by atoms with E-state index in [0.717, 1.165) is 12.8 Å². The molecule has 2 aromatic rings. The van der Waals surface area contributed by atoms with Gasteiger partial charge >= 0.3 is 5.97 Å². The zero-order chi connectivity index (χ0) is 23.5. The fourth-order valence-corrected chi connectivity index (χ4v) is 3.63. The van der Waals surface area contributed by atoms with Crippen molar-refractivity contribution in [2.75, 3.05) is 32.9 Å². The van der Waals surface area contributed by atoms with Crippen molar-refractivity contribution in [3.63, 3.8) is 0 Å². The van der Waals surface area contributed by atoms with Crippen LogP contribution in [0, 0.1) is 12.7 Å². The van der Waals surface area contributed by atoms with Crippen LogP contribution in [0.2, 0.25) is 0 Å². The molecule has 1 saturated carbocycles. The zero-order valence-corrected chi connectivity index (χ0v) is 18.2. The Hall–Kier alpha value is -3.46. The van der Waals surface area contributed by atoms with E-state index in [1.54, 1.807) is 17.9 Å². The molecule has 0 bridgehead atoms. The number of carboxylic acids is 1. The third kappa shape index (κ3) is 5.31. The van der Waals surface area contributed by atoms with Crippen LogP contribution in [0.25, 0.3) is 11.1 Å². The lowest BCUT2D eigenvalue weighted by atomic mass is 9.95. The molecule has 0 spiro atoms. The Kier molecular flexibility index (Phi) is 6.60. The molecular weight excluding hydrogens is 431 g/mol. The van der Waals surface area contributed by atoms with Crippen LogP contribution in [0.4, 0.5) is 4.39 Å². The number of nitrogens with zero attached hydrogens (tertiary/aromatic N) is 1. The number of hydrogen-bond donors (Lipinski definition) is 2. The van der Waals surface area contributed by atoms with Gasteiger partial charge in [-0.15, -0.1) is 0 Å². The molecule has 174 valence electrons. The van der Waals surface area contributed by atoms with Crippen LogP contribution in [0.1, 0.15) is 39.1 Å². The van der Waals surface area contributed by atoms with Gasteiger partial charge in [0.25, 0.3) is 11.8 Å². The van der Waals surface area contributed by atoms with E-state index in [-0.39, 0.29) is 46.9 Å². The molecule has 0 unspecified atom stereocenters. The lowest BCUT2D eigenvalue weighted by Crippen LogP contribution is -2.43. The number of carbonyl (C=O) groups is 3. The van der Waals surface area contributed by atoms with E-state index < -0.39 is 11.8 Å². The standard InChI is InChI=1S/C24H25FN2O6/c1-14-19(10-16(11-20(14)25)23(29)26-17-3-4-17)18-5-2-15(24(30)31)12-21(18)33-13-22(28)27-6-8-32-9-7-27/h2,5,10-12,17H,3-4,6-9,13H2,1H3,(H,26,29)(H,30,31). The first kappa shape index (κ1) is 22.7. The molecule has 4 rings (SSSR count). The summed E-state index contributed by atoms with van der Waals surface area (Å²) in [6.07, 6.45) is 1.80. The molecule has 1 saturated heterocycles. The summed E-state index contributed by atoms with van der Waals surface area (Å²) in [5.41, 5.74) is 1.20. The van der Waals surface area contributed by atoms with Gasteiger partial charge in [-0.25, -0.2) is 9.18 Å². The summed E-state index contributed by atoms with van der Waals surface area (Å²) in [5, 5.41) is 12.2. The first-order valence-corrected chi connectivity index (χ1v) is 10.8. The van der Waals surface area contributed by atoms with Crippen molar-refractivity contribution in [2.24, 2.45) is 0 Å². The number of benzene rings is 2. The Bertz CT molecular complexity index is 1090. The molecule has 1 aliphatic carbocycles. The number of rotatable bonds is 7. The highest BCUT2D eigenvalue weighted by atomic mass is 19.1. The van der Waals surface area contributed by atoms with E-state index in [1.807, 2.05) is 0 Å². The number of hydrogen-bond acceptors (Lipinski definition) is 5. The van der Waals surface area contributed by atoms with E-state index in [2.05, 4.69) is 5.32 Å². The summed E-state index contributed by atoms with van der Waals surface area (Å²) in [5.74, 6) is -2.23. The zero-order valence-electron chi connectivity index (χ0n) is 18.2. The molecular formula is C24H25FN2O6. The van der Waals surface area contributed by atoms with Gasteiger partial charge in [-0.3, -0.25) is 9.59 Å². The molecule has 2 aromatic carbocycles. The first-order chi connectivity index (χ1) is 15.8. The number of ether oxygens (including phenoxy) is 2. The van der Waals surface area contributed by atoms with E-state index in [0.29, 0.717) is 37.4 Å². The largest absolute Gasteiger partial charge is 0.483 e. The van der Waals surface area contributed by atoms with Gasteiger partial charge in [0, 0.05) is 30.3 Å². The Balaban J connectivity index is 1.66. The molecule has 0 atom stereocenters. The first-order valence-electron chi connectivity index (χ1n) is 10.8. The van der Waals surface area contributed by atoms with E-state index in [4.69, 9.17) is 9.47 Å². The number of amides is 2. The third-order valence-electron chi connectivity index (χ3n) is 5.75. The Labute approximate surface area is 190 Å². The quantitative estimate of drug-likeness (QED) is 0.664. The van der Waals surface area contributed by atoms with Gasteiger partial charge in [0.15, 0.2) is 6.61 Å². The second-order valence-electron chi connectivity index (χ2n) is 8.18. The minimum Gasteiger partial charge on any atom is -0.483 e. The number of morpholine rings is 1. The number of halogens is 1. The van der Waals surface area contributed by atoms with Crippen LogP contribution >= 0.6 is 0 Å². The van der Waals surface area contributed by atoms with Crippen LogP contribution in [0.15, 0.2) is 30.3 Å². The van der Waals surface area contributed by atoms with E-state index >= 15 is 0 Å². The van der Waals surface area contributed by atoms with Crippen molar-refractivity contribution in [1.29, 1.82) is 0 Å². The summed E-state index contributed by atoms with van der Waals surface area (Å²) >= 11 is 0. The molecule has 1 aliphatic heterocycles. The van der Waals surface area contributed by atoms with Crippen molar-refractivity contribution in [1.82, 2.24) is 10.2 Å². The summed E-state index contributed by atoms with van der Waals surface area (Å²) in [6, 6.07) is 7.04. The number of carbonyl (C=O) groups excluding carboxylic acids is 2. The predicted octanol–water partition coefficient (Wildman–Crippen LogP) is 2.63. The van der Waals surface area contributed by atoms with Crippen molar-refractivity contribution < 1.29 is 33.4 Å². The Morgan fingerprint density at radius 3 is 2.52 bits per heavy atom. The topological polar surface area (TPSA) is 105 Å². The van der Waals surface area contributed by atoms with Gasteiger partial charge < -0.3 is 24.8 Å².